The Bertz CT molecular complexity index is 721. The number of nitro benzene ring substituents is 1. The number of halogens is 3. The molecule has 21 heavy (non-hydrogen) atoms. The number of non-ortho nitro benzene ring substituents is 1. The van der Waals surface area contributed by atoms with Crippen molar-refractivity contribution in [3.63, 3.8) is 0 Å². The first-order valence-electron chi connectivity index (χ1n) is 5.53. The zero-order valence-electron chi connectivity index (χ0n) is 10.2. The maximum absolute atomic E-state index is 12.1. The number of carbonyl (C=O) groups excluding carboxylic acids is 1. The Kier molecular flexibility index (Phi) is 5.21. The summed E-state index contributed by atoms with van der Waals surface area (Å²) >= 11 is 16.5. The van der Waals surface area contributed by atoms with Crippen molar-refractivity contribution >= 4 is 62.1 Å². The van der Waals surface area contributed by atoms with Gasteiger partial charge in [-0.05, 0) is 22.0 Å². The lowest BCUT2D eigenvalue weighted by atomic mass is 10.2. The van der Waals surface area contributed by atoms with Crippen molar-refractivity contribution in [2.24, 2.45) is 0 Å². The number of rotatable bonds is 4. The molecule has 0 spiro atoms. The van der Waals surface area contributed by atoms with Crippen molar-refractivity contribution in [3.8, 4) is 0 Å². The molecule has 0 aliphatic heterocycles. The van der Waals surface area contributed by atoms with Crippen molar-refractivity contribution in [1.82, 2.24) is 5.32 Å². The summed E-state index contributed by atoms with van der Waals surface area (Å²) in [6.07, 6.45) is 0. The van der Waals surface area contributed by atoms with Gasteiger partial charge in [0.25, 0.3) is 11.6 Å². The van der Waals surface area contributed by atoms with Gasteiger partial charge in [0, 0.05) is 26.9 Å². The van der Waals surface area contributed by atoms with E-state index in [-0.39, 0.29) is 21.3 Å². The maximum Gasteiger partial charge on any atom is 0.271 e. The summed E-state index contributed by atoms with van der Waals surface area (Å²) in [5.41, 5.74) is -0.306. The van der Waals surface area contributed by atoms with Crippen molar-refractivity contribution in [3.05, 3.63) is 58.7 Å². The molecule has 0 radical (unpaired) electrons. The lowest BCUT2D eigenvalue weighted by Gasteiger charge is -2.07. The Balaban J connectivity index is 2.20. The summed E-state index contributed by atoms with van der Waals surface area (Å²) in [6.45, 7) is 0.297. The van der Waals surface area contributed by atoms with Crippen LogP contribution in [0.1, 0.15) is 15.2 Å². The second-order valence-electron chi connectivity index (χ2n) is 3.96. The summed E-state index contributed by atoms with van der Waals surface area (Å²) in [6, 6.07) is 4.08. The third-order valence-corrected chi connectivity index (χ3v) is 5.01. The monoisotopic (exact) mass is 408 g/mol. The Morgan fingerprint density at radius 3 is 2.67 bits per heavy atom. The summed E-state index contributed by atoms with van der Waals surface area (Å²) in [4.78, 5) is 23.2. The average Bonchev–Trinajstić information content (AvgIpc) is 2.84. The first kappa shape index (κ1) is 16.2. The summed E-state index contributed by atoms with van der Waals surface area (Å²) in [7, 11) is 0. The van der Waals surface area contributed by atoms with Gasteiger partial charge in [-0.25, -0.2) is 0 Å². The molecule has 9 heteroatoms. The largest absolute Gasteiger partial charge is 0.347 e. The highest BCUT2D eigenvalue weighted by molar-refractivity contribution is 9.10. The van der Waals surface area contributed by atoms with E-state index in [4.69, 9.17) is 23.2 Å². The highest BCUT2D eigenvalue weighted by Gasteiger charge is 2.19. The maximum atomic E-state index is 12.1. The molecular formula is C12H7BrCl2N2O3S. The summed E-state index contributed by atoms with van der Waals surface area (Å²) in [5.74, 6) is -0.518. The van der Waals surface area contributed by atoms with Crippen LogP contribution in [0.15, 0.2) is 28.1 Å². The second-order valence-corrected chi connectivity index (χ2v) is 6.66. The topological polar surface area (TPSA) is 72.2 Å². The smallest absolute Gasteiger partial charge is 0.271 e. The molecule has 0 bridgehead atoms. The molecule has 0 saturated carbocycles. The zero-order valence-corrected chi connectivity index (χ0v) is 14.1. The van der Waals surface area contributed by atoms with Gasteiger partial charge in [0.05, 0.1) is 27.1 Å². The van der Waals surface area contributed by atoms with Crippen LogP contribution in [0.3, 0.4) is 0 Å². The van der Waals surface area contributed by atoms with E-state index >= 15 is 0 Å². The molecule has 1 aromatic heterocycles. The van der Waals surface area contributed by atoms with Crippen molar-refractivity contribution in [1.29, 1.82) is 0 Å². The van der Waals surface area contributed by atoms with Gasteiger partial charge in [-0.1, -0.05) is 23.2 Å². The first-order valence-corrected chi connectivity index (χ1v) is 7.96. The fraction of sp³-hybridized carbons (Fsp3) is 0.0833. The molecule has 1 N–H and O–H groups in total. The molecule has 0 unspecified atom stereocenters. The van der Waals surface area contributed by atoms with Gasteiger partial charge >= 0.3 is 0 Å². The predicted molar refractivity (Wildman–Crippen MR) is 86.3 cm³/mol. The van der Waals surface area contributed by atoms with Gasteiger partial charge < -0.3 is 5.32 Å². The van der Waals surface area contributed by atoms with Crippen LogP contribution in [0.4, 0.5) is 5.69 Å². The molecule has 1 aromatic carbocycles. The van der Waals surface area contributed by atoms with E-state index in [0.29, 0.717) is 6.54 Å². The Labute approximate surface area is 142 Å². The van der Waals surface area contributed by atoms with Crippen LogP contribution in [-0.2, 0) is 6.54 Å². The molecule has 5 nitrogen and oxygen atoms in total. The molecule has 1 amide bonds. The van der Waals surface area contributed by atoms with E-state index in [1.165, 1.54) is 11.3 Å². The van der Waals surface area contributed by atoms with Crippen LogP contribution < -0.4 is 5.32 Å². The van der Waals surface area contributed by atoms with Crippen molar-refractivity contribution < 1.29 is 9.72 Å². The first-order chi connectivity index (χ1) is 9.88. The summed E-state index contributed by atoms with van der Waals surface area (Å²) < 4.78 is 0.924. The number of carbonyl (C=O) groups is 1. The van der Waals surface area contributed by atoms with E-state index in [9.17, 15) is 14.9 Å². The minimum atomic E-state index is -0.630. The molecule has 0 aliphatic carbocycles. The molecule has 0 fully saturated rings. The molecule has 2 aromatic rings. The fourth-order valence-corrected chi connectivity index (χ4v) is 3.35. The fourth-order valence-electron chi connectivity index (χ4n) is 1.55. The normalized spacial score (nSPS) is 10.4. The molecule has 0 atom stereocenters. The van der Waals surface area contributed by atoms with Crippen LogP contribution in [0.5, 0.6) is 0 Å². The number of nitrogens with one attached hydrogen (secondary N) is 1. The quantitative estimate of drug-likeness (QED) is 0.589. The van der Waals surface area contributed by atoms with Crippen molar-refractivity contribution in [2.45, 2.75) is 6.54 Å². The van der Waals surface area contributed by atoms with Gasteiger partial charge in [0.2, 0.25) is 0 Å². The third kappa shape index (κ3) is 3.94. The van der Waals surface area contributed by atoms with E-state index in [2.05, 4.69) is 21.2 Å². The van der Waals surface area contributed by atoms with Crippen LogP contribution in [0.25, 0.3) is 0 Å². The van der Waals surface area contributed by atoms with E-state index in [0.717, 1.165) is 21.5 Å². The third-order valence-electron chi connectivity index (χ3n) is 2.51. The lowest BCUT2D eigenvalue weighted by Crippen LogP contribution is -2.22. The van der Waals surface area contributed by atoms with Crippen LogP contribution in [-0.4, -0.2) is 10.8 Å². The highest BCUT2D eigenvalue weighted by atomic mass is 79.9. The highest BCUT2D eigenvalue weighted by Crippen LogP contribution is 2.31. The average molecular weight is 410 g/mol. The second kappa shape index (κ2) is 6.74. The lowest BCUT2D eigenvalue weighted by molar-refractivity contribution is -0.384. The number of nitrogens with zero attached hydrogens (tertiary/aromatic N) is 1. The van der Waals surface area contributed by atoms with Gasteiger partial charge in [-0.3, -0.25) is 14.9 Å². The Hall–Kier alpha value is -1.15. The minimum Gasteiger partial charge on any atom is -0.347 e. The van der Waals surface area contributed by atoms with Crippen LogP contribution in [0, 0.1) is 10.1 Å². The van der Waals surface area contributed by atoms with E-state index in [1.807, 2.05) is 11.4 Å². The number of benzene rings is 1. The number of nitro groups is 1. The van der Waals surface area contributed by atoms with Gasteiger partial charge in [0.1, 0.15) is 0 Å². The van der Waals surface area contributed by atoms with Gasteiger partial charge in [0.15, 0.2) is 0 Å². The predicted octanol–water partition coefficient (Wildman–Crippen LogP) is 4.66. The molecule has 2 rings (SSSR count). The molecule has 0 saturated heterocycles. The van der Waals surface area contributed by atoms with E-state index in [1.54, 1.807) is 0 Å². The standard InChI is InChI=1S/C12H7BrCl2N2O3S/c13-6-1-8(21-5-6)4-16-12(18)9-2-7(17(19)20)3-10(14)11(9)15/h1-3,5H,4H2,(H,16,18). The minimum absolute atomic E-state index is 0.00729. The zero-order chi connectivity index (χ0) is 15.6. The molecule has 0 aliphatic rings. The van der Waals surface area contributed by atoms with Crippen LogP contribution in [0.2, 0.25) is 10.0 Å². The SMILES string of the molecule is O=C(NCc1cc(Br)cs1)c1cc([N+](=O)[O-])cc(Cl)c1Cl. The molecule has 110 valence electrons. The Morgan fingerprint density at radius 1 is 1.38 bits per heavy atom. The van der Waals surface area contributed by atoms with Crippen LogP contribution >= 0.6 is 50.5 Å². The number of hydrogen-bond acceptors (Lipinski definition) is 4. The van der Waals surface area contributed by atoms with Gasteiger partial charge in [-0.2, -0.15) is 0 Å². The number of hydrogen-bond donors (Lipinski definition) is 1. The van der Waals surface area contributed by atoms with Gasteiger partial charge in [-0.15, -0.1) is 11.3 Å². The number of amides is 1. The molecule has 1 heterocycles. The van der Waals surface area contributed by atoms with E-state index < -0.39 is 10.8 Å². The summed E-state index contributed by atoms with van der Waals surface area (Å²) in [5, 5.41) is 15.3. The molecular weight excluding hydrogens is 403 g/mol. The Morgan fingerprint density at radius 2 is 2.10 bits per heavy atom. The van der Waals surface area contributed by atoms with Crippen molar-refractivity contribution in [2.75, 3.05) is 0 Å². The number of thiophene rings is 1.